The highest BCUT2D eigenvalue weighted by atomic mass is 16.5. The van der Waals surface area contributed by atoms with Crippen LogP contribution in [0.25, 0.3) is 0 Å². The van der Waals surface area contributed by atoms with Crippen molar-refractivity contribution in [3.8, 4) is 0 Å². The molecule has 0 unspecified atom stereocenters. The van der Waals surface area contributed by atoms with E-state index in [1.165, 1.54) is 0 Å². The summed E-state index contributed by atoms with van der Waals surface area (Å²) in [6.07, 6.45) is 2.62. The van der Waals surface area contributed by atoms with Crippen LogP contribution < -0.4 is 10.6 Å². The summed E-state index contributed by atoms with van der Waals surface area (Å²) < 4.78 is 4.98. The Hall–Kier alpha value is -2.89. The number of benzene rings is 1. The van der Waals surface area contributed by atoms with Gasteiger partial charge in [-0.25, -0.2) is 4.79 Å². The van der Waals surface area contributed by atoms with E-state index in [0.717, 1.165) is 30.2 Å². The average Bonchev–Trinajstić information content (AvgIpc) is 2.66. The van der Waals surface area contributed by atoms with E-state index in [0.29, 0.717) is 18.7 Å². The summed E-state index contributed by atoms with van der Waals surface area (Å²) in [5, 5.41) is 6.51. The van der Waals surface area contributed by atoms with Crippen LogP contribution in [0.3, 0.4) is 0 Å². The SMILES string of the molecule is CCOC(=O)c1ccc(CNC(=NC)NCCc2ccccn2)cc1. The second kappa shape index (κ2) is 10.1. The van der Waals surface area contributed by atoms with Gasteiger partial charge in [-0.15, -0.1) is 0 Å². The van der Waals surface area contributed by atoms with Crippen LogP contribution in [0.4, 0.5) is 0 Å². The highest BCUT2D eigenvalue weighted by Gasteiger charge is 2.06. The van der Waals surface area contributed by atoms with E-state index in [-0.39, 0.29) is 5.97 Å². The maximum absolute atomic E-state index is 11.6. The molecule has 1 aromatic heterocycles. The fourth-order valence-corrected chi connectivity index (χ4v) is 2.23. The first-order valence-electron chi connectivity index (χ1n) is 8.33. The fourth-order valence-electron chi connectivity index (χ4n) is 2.23. The van der Waals surface area contributed by atoms with E-state index >= 15 is 0 Å². The summed E-state index contributed by atoms with van der Waals surface area (Å²) in [6, 6.07) is 13.2. The van der Waals surface area contributed by atoms with Gasteiger partial charge in [-0.1, -0.05) is 18.2 Å². The van der Waals surface area contributed by atoms with Gasteiger partial charge in [0.2, 0.25) is 0 Å². The molecule has 132 valence electrons. The third-order valence-electron chi connectivity index (χ3n) is 3.55. The summed E-state index contributed by atoms with van der Waals surface area (Å²) in [4.78, 5) is 20.1. The Labute approximate surface area is 148 Å². The number of aliphatic imine (C=N–C) groups is 1. The Morgan fingerprint density at radius 3 is 2.60 bits per heavy atom. The molecule has 0 aliphatic heterocycles. The van der Waals surface area contributed by atoms with Crippen LogP contribution in [0.5, 0.6) is 0 Å². The van der Waals surface area contributed by atoms with Gasteiger partial charge in [0.05, 0.1) is 12.2 Å². The Morgan fingerprint density at radius 2 is 1.96 bits per heavy atom. The lowest BCUT2D eigenvalue weighted by Gasteiger charge is -2.12. The minimum Gasteiger partial charge on any atom is -0.462 e. The molecule has 0 fully saturated rings. The minimum absolute atomic E-state index is 0.297. The summed E-state index contributed by atoms with van der Waals surface area (Å²) >= 11 is 0. The monoisotopic (exact) mass is 340 g/mol. The van der Waals surface area contributed by atoms with Crippen molar-refractivity contribution in [1.82, 2.24) is 15.6 Å². The first kappa shape index (κ1) is 18.4. The highest BCUT2D eigenvalue weighted by molar-refractivity contribution is 5.89. The first-order valence-corrected chi connectivity index (χ1v) is 8.33. The Bertz CT molecular complexity index is 684. The van der Waals surface area contributed by atoms with Crippen LogP contribution in [0.2, 0.25) is 0 Å². The number of ether oxygens (including phenoxy) is 1. The predicted octanol–water partition coefficient (Wildman–Crippen LogP) is 2.17. The smallest absolute Gasteiger partial charge is 0.338 e. The molecule has 25 heavy (non-hydrogen) atoms. The van der Waals surface area contributed by atoms with Gasteiger partial charge in [0.1, 0.15) is 0 Å². The zero-order valence-electron chi connectivity index (χ0n) is 14.7. The highest BCUT2D eigenvalue weighted by Crippen LogP contribution is 2.06. The number of rotatable bonds is 7. The summed E-state index contributed by atoms with van der Waals surface area (Å²) in [5.74, 6) is 0.430. The van der Waals surface area contributed by atoms with Crippen LogP contribution in [0, 0.1) is 0 Å². The van der Waals surface area contributed by atoms with Crippen LogP contribution in [0.15, 0.2) is 53.7 Å². The molecule has 0 aliphatic carbocycles. The lowest BCUT2D eigenvalue weighted by atomic mass is 10.1. The number of guanidine groups is 1. The van der Waals surface area contributed by atoms with Crippen LogP contribution in [-0.2, 0) is 17.7 Å². The van der Waals surface area contributed by atoms with E-state index in [4.69, 9.17) is 4.74 Å². The second-order valence-corrected chi connectivity index (χ2v) is 5.34. The Kier molecular flexibility index (Phi) is 7.43. The van der Waals surface area contributed by atoms with Crippen molar-refractivity contribution in [3.05, 3.63) is 65.5 Å². The molecule has 0 bridgehead atoms. The fraction of sp³-hybridized carbons (Fsp3) is 0.316. The number of nitrogens with zero attached hydrogens (tertiary/aromatic N) is 2. The van der Waals surface area contributed by atoms with Gasteiger partial charge < -0.3 is 15.4 Å². The molecule has 0 spiro atoms. The lowest BCUT2D eigenvalue weighted by Crippen LogP contribution is -2.37. The number of nitrogens with one attached hydrogen (secondary N) is 2. The molecule has 0 saturated heterocycles. The molecule has 6 nitrogen and oxygen atoms in total. The van der Waals surface area contributed by atoms with Crippen molar-refractivity contribution in [1.29, 1.82) is 0 Å². The number of pyridine rings is 1. The molecule has 0 aliphatic rings. The van der Waals surface area contributed by atoms with Gasteiger partial charge in [-0.2, -0.15) is 0 Å². The zero-order valence-corrected chi connectivity index (χ0v) is 14.7. The standard InChI is InChI=1S/C19H24N4O2/c1-3-25-18(24)16-9-7-15(8-10-16)14-23-19(20-2)22-13-11-17-6-4-5-12-21-17/h4-10,12H,3,11,13-14H2,1-2H3,(H2,20,22,23). The quantitative estimate of drug-likeness (QED) is 0.459. The Morgan fingerprint density at radius 1 is 1.16 bits per heavy atom. The molecular formula is C19H24N4O2. The van der Waals surface area contributed by atoms with Gasteiger partial charge >= 0.3 is 5.97 Å². The molecular weight excluding hydrogens is 316 g/mol. The summed E-state index contributed by atoms with van der Waals surface area (Å²) in [5.41, 5.74) is 2.66. The largest absolute Gasteiger partial charge is 0.462 e. The number of carbonyl (C=O) groups is 1. The molecule has 1 aromatic carbocycles. The average molecular weight is 340 g/mol. The van der Waals surface area contributed by atoms with Gasteiger partial charge in [0, 0.05) is 38.4 Å². The predicted molar refractivity (Wildman–Crippen MR) is 98.5 cm³/mol. The second-order valence-electron chi connectivity index (χ2n) is 5.34. The molecule has 1 heterocycles. The minimum atomic E-state index is -0.297. The zero-order chi connectivity index (χ0) is 17.9. The maximum atomic E-state index is 11.6. The molecule has 2 rings (SSSR count). The third kappa shape index (κ3) is 6.25. The Balaban J connectivity index is 1.77. The third-order valence-corrected chi connectivity index (χ3v) is 3.55. The number of hydrogen-bond acceptors (Lipinski definition) is 4. The van der Waals surface area contributed by atoms with Gasteiger partial charge in [-0.05, 0) is 36.8 Å². The van der Waals surface area contributed by atoms with Gasteiger partial charge in [-0.3, -0.25) is 9.98 Å². The molecule has 2 N–H and O–H groups in total. The van der Waals surface area contributed by atoms with Crippen LogP contribution in [-0.4, -0.2) is 37.1 Å². The van der Waals surface area contributed by atoms with Crippen LogP contribution in [0.1, 0.15) is 28.5 Å². The molecule has 0 saturated carbocycles. The van der Waals surface area contributed by atoms with E-state index < -0.39 is 0 Å². The van der Waals surface area contributed by atoms with E-state index in [1.807, 2.05) is 30.3 Å². The summed E-state index contributed by atoms with van der Waals surface area (Å²) in [6.45, 7) is 3.54. The number of aromatic nitrogens is 1. The van der Waals surface area contributed by atoms with Crippen molar-refractivity contribution in [2.75, 3.05) is 20.2 Å². The van der Waals surface area contributed by atoms with Gasteiger partial charge in [0.15, 0.2) is 5.96 Å². The summed E-state index contributed by atoms with van der Waals surface area (Å²) in [7, 11) is 1.74. The van der Waals surface area contributed by atoms with Crippen molar-refractivity contribution < 1.29 is 9.53 Å². The van der Waals surface area contributed by atoms with Crippen molar-refractivity contribution in [2.45, 2.75) is 19.9 Å². The topological polar surface area (TPSA) is 75.6 Å². The van der Waals surface area contributed by atoms with Crippen molar-refractivity contribution >= 4 is 11.9 Å². The van der Waals surface area contributed by atoms with Crippen molar-refractivity contribution in [3.63, 3.8) is 0 Å². The number of hydrogen-bond donors (Lipinski definition) is 2. The number of esters is 1. The van der Waals surface area contributed by atoms with E-state index in [2.05, 4.69) is 20.6 Å². The van der Waals surface area contributed by atoms with Gasteiger partial charge in [0.25, 0.3) is 0 Å². The molecule has 0 atom stereocenters. The molecule has 0 radical (unpaired) electrons. The maximum Gasteiger partial charge on any atom is 0.338 e. The number of carbonyl (C=O) groups excluding carboxylic acids is 1. The molecule has 2 aromatic rings. The van der Waals surface area contributed by atoms with E-state index in [9.17, 15) is 4.79 Å². The normalized spacial score (nSPS) is 11.0. The first-order chi connectivity index (χ1) is 12.2. The molecule has 6 heteroatoms. The lowest BCUT2D eigenvalue weighted by molar-refractivity contribution is 0.0526. The van der Waals surface area contributed by atoms with Crippen molar-refractivity contribution in [2.24, 2.45) is 4.99 Å². The van der Waals surface area contributed by atoms with E-state index in [1.54, 1.807) is 32.3 Å². The molecule has 0 amide bonds. The van der Waals surface area contributed by atoms with Crippen LogP contribution >= 0.6 is 0 Å².